The van der Waals surface area contributed by atoms with E-state index in [0.717, 1.165) is 22.3 Å². The molecule has 0 heterocycles. The van der Waals surface area contributed by atoms with Gasteiger partial charge in [-0.15, -0.1) is 0 Å². The zero-order valence-corrected chi connectivity index (χ0v) is 23.5. The standard InChI is InChI=1S/C28H22O6S2.Na/c29-35(30,31)27-7-3-1-5-25(27)19-13-21-9-15-23(16-10-21)24-17-11-22(12-18-24)14-20-26-6-2-4-8-28(26)36(32,33)34;/h1-20H,(H,29,30,31)(H,32,33,34);. The van der Waals surface area contributed by atoms with Gasteiger partial charge in [-0.1, -0.05) is 109 Å². The van der Waals surface area contributed by atoms with E-state index in [-0.39, 0.29) is 39.3 Å². The molecular weight excluding hydrogens is 519 g/mol. The van der Waals surface area contributed by atoms with Crippen molar-refractivity contribution in [1.29, 1.82) is 0 Å². The molecule has 1 radical (unpaired) electrons. The van der Waals surface area contributed by atoms with E-state index in [0.29, 0.717) is 11.1 Å². The van der Waals surface area contributed by atoms with Crippen molar-refractivity contribution in [3.63, 3.8) is 0 Å². The SMILES string of the molecule is O=S(=O)(O)c1ccccc1C=Cc1ccc(-c2ccc(C=Cc3ccccc3S(=O)(=O)O)cc2)cc1.[Na]. The summed E-state index contributed by atoms with van der Waals surface area (Å²) in [6.45, 7) is 0. The fourth-order valence-electron chi connectivity index (χ4n) is 3.65. The maximum absolute atomic E-state index is 11.5. The van der Waals surface area contributed by atoms with Crippen LogP contribution in [-0.2, 0) is 20.2 Å². The third-order valence-corrected chi connectivity index (χ3v) is 7.31. The van der Waals surface area contributed by atoms with Gasteiger partial charge in [-0.25, -0.2) is 0 Å². The molecule has 183 valence electrons. The molecule has 4 aromatic rings. The largest absolute Gasteiger partial charge is 0.295 e. The second-order valence-corrected chi connectivity index (χ2v) is 10.7. The first-order valence-corrected chi connectivity index (χ1v) is 13.7. The van der Waals surface area contributed by atoms with Crippen molar-refractivity contribution < 1.29 is 25.9 Å². The van der Waals surface area contributed by atoms with E-state index < -0.39 is 20.2 Å². The second-order valence-electron chi connectivity index (χ2n) is 7.94. The van der Waals surface area contributed by atoms with Gasteiger partial charge in [-0.3, -0.25) is 9.11 Å². The average molecular weight is 542 g/mol. The van der Waals surface area contributed by atoms with Gasteiger partial charge in [0.2, 0.25) is 0 Å². The average Bonchev–Trinajstić information content (AvgIpc) is 2.86. The summed E-state index contributed by atoms with van der Waals surface area (Å²) in [7, 11) is -8.61. The molecule has 0 unspecified atom stereocenters. The van der Waals surface area contributed by atoms with Gasteiger partial charge in [0.05, 0.1) is 0 Å². The predicted octanol–water partition coefficient (Wildman–Crippen LogP) is 5.81. The van der Waals surface area contributed by atoms with Crippen molar-refractivity contribution in [1.82, 2.24) is 0 Å². The number of hydrogen-bond acceptors (Lipinski definition) is 4. The summed E-state index contributed by atoms with van der Waals surface area (Å²) in [5.41, 5.74) is 4.48. The van der Waals surface area contributed by atoms with E-state index in [1.165, 1.54) is 12.1 Å². The minimum Gasteiger partial charge on any atom is -0.282 e. The summed E-state index contributed by atoms with van der Waals surface area (Å²) >= 11 is 0. The zero-order chi connectivity index (χ0) is 25.8. The first-order chi connectivity index (χ1) is 17.1. The number of hydrogen-bond donors (Lipinski definition) is 2. The van der Waals surface area contributed by atoms with Crippen molar-refractivity contribution in [2.45, 2.75) is 9.79 Å². The Morgan fingerprint density at radius 2 is 0.784 bits per heavy atom. The molecule has 0 aliphatic heterocycles. The van der Waals surface area contributed by atoms with Crippen LogP contribution in [-0.4, -0.2) is 55.5 Å². The molecule has 4 aromatic carbocycles. The van der Waals surface area contributed by atoms with Gasteiger partial charge in [0.1, 0.15) is 9.79 Å². The van der Waals surface area contributed by atoms with Gasteiger partial charge in [0.25, 0.3) is 20.2 Å². The van der Waals surface area contributed by atoms with E-state index in [4.69, 9.17) is 0 Å². The monoisotopic (exact) mass is 541 g/mol. The number of benzene rings is 4. The molecular formula is C28H22NaO6S2. The summed E-state index contributed by atoms with van der Waals surface area (Å²) < 4.78 is 64.9. The van der Waals surface area contributed by atoms with E-state index in [9.17, 15) is 25.9 Å². The van der Waals surface area contributed by atoms with Gasteiger partial charge >= 0.3 is 0 Å². The van der Waals surface area contributed by atoms with Crippen LogP contribution in [0.4, 0.5) is 0 Å². The maximum Gasteiger partial charge on any atom is 0.295 e. The van der Waals surface area contributed by atoms with Crippen LogP contribution in [0, 0.1) is 0 Å². The molecule has 0 saturated heterocycles. The fourth-order valence-corrected chi connectivity index (χ4v) is 5.02. The molecule has 9 heteroatoms. The summed E-state index contributed by atoms with van der Waals surface area (Å²) in [4.78, 5) is -0.290. The molecule has 0 aromatic heterocycles. The van der Waals surface area contributed by atoms with Gasteiger partial charge in [-0.2, -0.15) is 16.8 Å². The molecule has 0 amide bonds. The van der Waals surface area contributed by atoms with Crippen LogP contribution in [0.5, 0.6) is 0 Å². The van der Waals surface area contributed by atoms with Crippen LogP contribution in [0.3, 0.4) is 0 Å². The van der Waals surface area contributed by atoms with E-state index in [1.807, 2.05) is 48.5 Å². The Bertz CT molecular complexity index is 1530. The van der Waals surface area contributed by atoms with Gasteiger partial charge in [0.15, 0.2) is 0 Å². The molecule has 2 N–H and O–H groups in total. The first-order valence-electron chi connectivity index (χ1n) is 10.8. The maximum atomic E-state index is 11.5. The molecule has 0 aliphatic rings. The van der Waals surface area contributed by atoms with Crippen LogP contribution < -0.4 is 0 Å². The Labute approximate surface area is 238 Å². The van der Waals surface area contributed by atoms with Gasteiger partial charge in [0, 0.05) is 29.6 Å². The molecule has 0 spiro atoms. The van der Waals surface area contributed by atoms with Crippen LogP contribution in [0.25, 0.3) is 35.4 Å². The Kier molecular flexibility index (Phi) is 9.44. The molecule has 0 saturated carbocycles. The second kappa shape index (κ2) is 12.1. The topological polar surface area (TPSA) is 109 Å². The first kappa shape index (κ1) is 28.7. The van der Waals surface area contributed by atoms with Crippen molar-refractivity contribution in [3.05, 3.63) is 119 Å². The summed E-state index contributed by atoms with van der Waals surface area (Å²) in [5.74, 6) is 0. The quantitative estimate of drug-likeness (QED) is 0.174. The minimum atomic E-state index is -4.31. The van der Waals surface area contributed by atoms with Gasteiger partial charge in [-0.05, 0) is 45.5 Å². The predicted molar refractivity (Wildman–Crippen MR) is 148 cm³/mol. The van der Waals surface area contributed by atoms with Gasteiger partial charge < -0.3 is 0 Å². The molecule has 0 aliphatic carbocycles. The van der Waals surface area contributed by atoms with Crippen molar-refractivity contribution in [2.75, 3.05) is 0 Å². The third-order valence-electron chi connectivity index (χ3n) is 5.46. The Morgan fingerprint density at radius 3 is 1.11 bits per heavy atom. The molecule has 37 heavy (non-hydrogen) atoms. The molecule has 4 rings (SSSR count). The Balaban J connectivity index is 0.00000380. The van der Waals surface area contributed by atoms with Crippen molar-refractivity contribution in [3.8, 4) is 11.1 Å². The molecule has 0 atom stereocenters. The van der Waals surface area contributed by atoms with Crippen LogP contribution in [0.15, 0.2) is 107 Å². The number of rotatable bonds is 7. The van der Waals surface area contributed by atoms with E-state index in [2.05, 4.69) is 0 Å². The Morgan fingerprint density at radius 1 is 0.459 bits per heavy atom. The summed E-state index contributed by atoms with van der Waals surface area (Å²) in [5, 5.41) is 0. The van der Waals surface area contributed by atoms with E-state index >= 15 is 0 Å². The Hall–Kier alpha value is -2.82. The third kappa shape index (κ3) is 7.59. The van der Waals surface area contributed by atoms with Crippen LogP contribution >= 0.6 is 0 Å². The smallest absolute Gasteiger partial charge is 0.282 e. The molecule has 0 fully saturated rings. The fraction of sp³-hybridized carbons (Fsp3) is 0. The summed E-state index contributed by atoms with van der Waals surface area (Å²) in [6.07, 6.45) is 6.82. The van der Waals surface area contributed by atoms with Crippen LogP contribution in [0.2, 0.25) is 0 Å². The van der Waals surface area contributed by atoms with Crippen molar-refractivity contribution >= 4 is 74.1 Å². The zero-order valence-electron chi connectivity index (χ0n) is 19.9. The normalized spacial score (nSPS) is 12.1. The summed E-state index contributed by atoms with van der Waals surface area (Å²) in [6, 6.07) is 27.8. The molecule has 6 nitrogen and oxygen atoms in total. The minimum absolute atomic E-state index is 0. The van der Waals surface area contributed by atoms with E-state index in [1.54, 1.807) is 60.7 Å². The molecule has 0 bridgehead atoms. The van der Waals surface area contributed by atoms with Crippen molar-refractivity contribution in [2.24, 2.45) is 0 Å². The van der Waals surface area contributed by atoms with Crippen LogP contribution in [0.1, 0.15) is 22.3 Å².